The van der Waals surface area contributed by atoms with Gasteiger partial charge in [-0.15, -0.1) is 0 Å². The first-order chi connectivity index (χ1) is 6.69. The van der Waals surface area contributed by atoms with E-state index in [1.54, 1.807) is 12.1 Å². The van der Waals surface area contributed by atoms with Gasteiger partial charge in [-0.2, -0.15) is 0 Å². The highest BCUT2D eigenvalue weighted by atomic mass is 16.5. The molecular weight excluding hydrogens is 184 g/mol. The number of aromatic hydroxyl groups is 1. The lowest BCUT2D eigenvalue weighted by atomic mass is 10.1. The number of para-hydroxylation sites is 1. The molecule has 1 aromatic carbocycles. The van der Waals surface area contributed by atoms with E-state index in [4.69, 9.17) is 4.74 Å². The van der Waals surface area contributed by atoms with Gasteiger partial charge in [-0.1, -0.05) is 12.1 Å². The molecule has 0 spiro atoms. The van der Waals surface area contributed by atoms with E-state index in [2.05, 4.69) is 4.74 Å². The molecule has 1 N–H and O–H groups in total. The molecular formula is C10H12O4. The monoisotopic (exact) mass is 196 g/mol. The highest BCUT2D eigenvalue weighted by Gasteiger charge is 2.11. The number of benzene rings is 1. The van der Waals surface area contributed by atoms with Crippen molar-refractivity contribution in [2.24, 2.45) is 0 Å². The van der Waals surface area contributed by atoms with Crippen molar-refractivity contribution in [2.75, 3.05) is 14.2 Å². The lowest BCUT2D eigenvalue weighted by molar-refractivity contribution is -0.139. The molecule has 1 rings (SSSR count). The number of carbonyl (C=O) groups excluding carboxylic acids is 1. The Morgan fingerprint density at radius 2 is 2.14 bits per heavy atom. The predicted octanol–water partition coefficient (Wildman–Crippen LogP) is 1.12. The molecule has 0 fully saturated rings. The Hall–Kier alpha value is -1.71. The molecule has 0 aromatic heterocycles. The Morgan fingerprint density at radius 3 is 2.71 bits per heavy atom. The van der Waals surface area contributed by atoms with Gasteiger partial charge in [0.15, 0.2) is 11.5 Å². The Bertz CT molecular complexity index is 333. The van der Waals surface area contributed by atoms with Gasteiger partial charge in [0, 0.05) is 5.56 Å². The fourth-order valence-electron chi connectivity index (χ4n) is 1.17. The second kappa shape index (κ2) is 4.50. The SMILES string of the molecule is COC(=O)Cc1cccc(O)c1OC. The molecule has 0 atom stereocenters. The summed E-state index contributed by atoms with van der Waals surface area (Å²) >= 11 is 0. The number of hydrogen-bond donors (Lipinski definition) is 1. The zero-order valence-electron chi connectivity index (χ0n) is 8.11. The summed E-state index contributed by atoms with van der Waals surface area (Å²) < 4.78 is 9.48. The molecule has 0 radical (unpaired) electrons. The van der Waals surface area contributed by atoms with Crippen molar-refractivity contribution in [3.8, 4) is 11.5 Å². The van der Waals surface area contributed by atoms with Crippen LogP contribution in [-0.4, -0.2) is 25.3 Å². The van der Waals surface area contributed by atoms with E-state index < -0.39 is 0 Å². The van der Waals surface area contributed by atoms with Crippen LogP contribution in [0.5, 0.6) is 11.5 Å². The Labute approximate surface area is 82.1 Å². The number of esters is 1. The number of phenolic OH excluding ortho intramolecular Hbond substituents is 1. The summed E-state index contributed by atoms with van der Waals surface area (Å²) in [5.74, 6) is -0.0271. The average Bonchev–Trinajstić information content (AvgIpc) is 2.18. The maximum absolute atomic E-state index is 11.0. The Morgan fingerprint density at radius 1 is 1.43 bits per heavy atom. The molecule has 4 heteroatoms. The molecule has 0 aliphatic heterocycles. The summed E-state index contributed by atoms with van der Waals surface area (Å²) in [4.78, 5) is 11.0. The smallest absolute Gasteiger partial charge is 0.310 e. The number of methoxy groups -OCH3 is 2. The lowest BCUT2D eigenvalue weighted by Crippen LogP contribution is -2.05. The molecule has 0 unspecified atom stereocenters. The van der Waals surface area contributed by atoms with Gasteiger partial charge in [0.1, 0.15) is 0 Å². The van der Waals surface area contributed by atoms with Gasteiger partial charge in [0.25, 0.3) is 0 Å². The van der Waals surface area contributed by atoms with E-state index in [0.717, 1.165) is 0 Å². The first kappa shape index (κ1) is 10.4. The minimum atomic E-state index is -0.367. The van der Waals surface area contributed by atoms with Gasteiger partial charge in [-0.3, -0.25) is 4.79 Å². The maximum Gasteiger partial charge on any atom is 0.310 e. The molecule has 0 aliphatic carbocycles. The third-order valence-electron chi connectivity index (χ3n) is 1.84. The highest BCUT2D eigenvalue weighted by Crippen LogP contribution is 2.29. The first-order valence-electron chi connectivity index (χ1n) is 4.10. The van der Waals surface area contributed by atoms with E-state index in [0.29, 0.717) is 11.3 Å². The number of carbonyl (C=O) groups is 1. The number of rotatable bonds is 3. The van der Waals surface area contributed by atoms with Crippen molar-refractivity contribution in [3.63, 3.8) is 0 Å². The quantitative estimate of drug-likeness (QED) is 0.736. The highest BCUT2D eigenvalue weighted by molar-refractivity contribution is 5.74. The second-order valence-electron chi connectivity index (χ2n) is 2.72. The largest absolute Gasteiger partial charge is 0.504 e. The van der Waals surface area contributed by atoms with Crippen LogP contribution in [0.3, 0.4) is 0 Å². The third kappa shape index (κ3) is 2.16. The van der Waals surface area contributed by atoms with E-state index >= 15 is 0 Å². The van der Waals surface area contributed by atoms with Crippen molar-refractivity contribution < 1.29 is 19.4 Å². The molecule has 0 saturated heterocycles. The van der Waals surface area contributed by atoms with Crippen LogP contribution in [0.4, 0.5) is 0 Å². The molecule has 0 aliphatic rings. The number of hydrogen-bond acceptors (Lipinski definition) is 4. The fraction of sp³-hybridized carbons (Fsp3) is 0.300. The van der Waals surface area contributed by atoms with Crippen molar-refractivity contribution in [3.05, 3.63) is 23.8 Å². The normalized spacial score (nSPS) is 9.57. The average molecular weight is 196 g/mol. The second-order valence-corrected chi connectivity index (χ2v) is 2.72. The van der Waals surface area contributed by atoms with Crippen molar-refractivity contribution in [1.29, 1.82) is 0 Å². The van der Waals surface area contributed by atoms with Crippen LogP contribution < -0.4 is 4.74 Å². The van der Waals surface area contributed by atoms with E-state index in [1.165, 1.54) is 20.3 Å². The van der Waals surface area contributed by atoms with E-state index in [1.807, 2.05) is 0 Å². The van der Waals surface area contributed by atoms with Gasteiger partial charge < -0.3 is 14.6 Å². The summed E-state index contributed by atoms with van der Waals surface area (Å²) in [5, 5.41) is 9.40. The predicted molar refractivity (Wildman–Crippen MR) is 50.4 cm³/mol. The van der Waals surface area contributed by atoms with Gasteiger partial charge in [-0.25, -0.2) is 0 Å². The summed E-state index contributed by atoms with van der Waals surface area (Å²) in [5.41, 5.74) is 0.611. The molecule has 1 aromatic rings. The van der Waals surface area contributed by atoms with Gasteiger partial charge in [0.05, 0.1) is 20.6 Å². The minimum Gasteiger partial charge on any atom is -0.504 e. The van der Waals surface area contributed by atoms with Crippen LogP contribution in [0.1, 0.15) is 5.56 Å². The van der Waals surface area contributed by atoms with Crippen LogP contribution in [0, 0.1) is 0 Å². The van der Waals surface area contributed by atoms with Crippen LogP contribution in [0.15, 0.2) is 18.2 Å². The molecule has 0 saturated carbocycles. The van der Waals surface area contributed by atoms with Gasteiger partial charge >= 0.3 is 5.97 Å². The summed E-state index contributed by atoms with van der Waals surface area (Å²) in [6, 6.07) is 4.85. The van der Waals surface area contributed by atoms with Gasteiger partial charge in [-0.05, 0) is 6.07 Å². The van der Waals surface area contributed by atoms with Crippen LogP contribution in [-0.2, 0) is 16.0 Å². The molecule has 4 nitrogen and oxygen atoms in total. The lowest BCUT2D eigenvalue weighted by Gasteiger charge is -2.08. The van der Waals surface area contributed by atoms with Gasteiger partial charge in [0.2, 0.25) is 0 Å². The van der Waals surface area contributed by atoms with Crippen molar-refractivity contribution in [1.82, 2.24) is 0 Å². The van der Waals surface area contributed by atoms with E-state index in [-0.39, 0.29) is 18.1 Å². The molecule has 0 heterocycles. The minimum absolute atomic E-state index is 0.0221. The van der Waals surface area contributed by atoms with Crippen molar-refractivity contribution >= 4 is 5.97 Å². The molecule has 76 valence electrons. The van der Waals surface area contributed by atoms with Crippen LogP contribution in [0.25, 0.3) is 0 Å². The Kier molecular flexibility index (Phi) is 3.34. The number of phenols is 1. The fourth-order valence-corrected chi connectivity index (χ4v) is 1.17. The molecule has 0 amide bonds. The van der Waals surface area contributed by atoms with Crippen molar-refractivity contribution in [2.45, 2.75) is 6.42 Å². The maximum atomic E-state index is 11.0. The van der Waals surface area contributed by atoms with Crippen LogP contribution in [0.2, 0.25) is 0 Å². The standard InChI is InChI=1S/C10H12O4/c1-13-9(12)6-7-4-3-5-8(11)10(7)14-2/h3-5,11H,6H2,1-2H3. The first-order valence-corrected chi connectivity index (χ1v) is 4.10. The Balaban J connectivity index is 2.96. The zero-order chi connectivity index (χ0) is 10.6. The summed E-state index contributed by atoms with van der Waals surface area (Å²) in [6.07, 6.45) is 0.0913. The third-order valence-corrected chi connectivity index (χ3v) is 1.84. The number of ether oxygens (including phenoxy) is 2. The van der Waals surface area contributed by atoms with E-state index in [9.17, 15) is 9.90 Å². The molecule has 0 bridgehead atoms. The summed E-state index contributed by atoms with van der Waals surface area (Å²) in [6.45, 7) is 0. The topological polar surface area (TPSA) is 55.8 Å². The zero-order valence-corrected chi connectivity index (χ0v) is 8.11. The van der Waals surface area contributed by atoms with Crippen LogP contribution >= 0.6 is 0 Å². The summed E-state index contributed by atoms with van der Waals surface area (Å²) in [7, 11) is 2.76. The molecule has 14 heavy (non-hydrogen) atoms.